The SMILES string of the molecule is CCC1CCCN(C2CCc3cc(O)ccc32)C1. The molecule has 0 spiro atoms. The van der Waals surface area contributed by atoms with Gasteiger partial charge in [-0.2, -0.15) is 0 Å². The van der Waals surface area contributed by atoms with Crippen molar-refractivity contribution in [2.75, 3.05) is 13.1 Å². The molecule has 0 saturated carbocycles. The predicted molar refractivity (Wildman–Crippen MR) is 73.8 cm³/mol. The van der Waals surface area contributed by atoms with E-state index in [9.17, 15) is 5.11 Å². The van der Waals surface area contributed by atoms with E-state index in [4.69, 9.17) is 0 Å². The second kappa shape index (κ2) is 4.93. The van der Waals surface area contributed by atoms with Crippen molar-refractivity contribution >= 4 is 0 Å². The van der Waals surface area contributed by atoms with Crippen molar-refractivity contribution in [3.05, 3.63) is 29.3 Å². The molecule has 2 aliphatic rings. The predicted octanol–water partition coefficient (Wildman–Crippen LogP) is 3.50. The Morgan fingerprint density at radius 2 is 2.22 bits per heavy atom. The van der Waals surface area contributed by atoms with E-state index in [2.05, 4.69) is 17.9 Å². The molecule has 0 amide bonds. The van der Waals surface area contributed by atoms with E-state index in [0.717, 1.165) is 12.3 Å². The van der Waals surface area contributed by atoms with E-state index >= 15 is 0 Å². The maximum absolute atomic E-state index is 9.56. The monoisotopic (exact) mass is 245 g/mol. The molecular weight excluding hydrogens is 222 g/mol. The summed E-state index contributed by atoms with van der Waals surface area (Å²) in [6, 6.07) is 6.54. The lowest BCUT2D eigenvalue weighted by atomic mass is 9.93. The zero-order valence-electron chi connectivity index (χ0n) is 11.2. The Morgan fingerprint density at radius 1 is 1.33 bits per heavy atom. The average molecular weight is 245 g/mol. The molecule has 0 radical (unpaired) electrons. The van der Waals surface area contributed by atoms with Gasteiger partial charge in [-0.05, 0) is 61.4 Å². The first-order chi connectivity index (χ1) is 8.78. The molecule has 2 heteroatoms. The van der Waals surface area contributed by atoms with Crippen LogP contribution in [0, 0.1) is 5.92 Å². The summed E-state index contributed by atoms with van der Waals surface area (Å²) in [4.78, 5) is 2.68. The number of aryl methyl sites for hydroxylation is 1. The van der Waals surface area contributed by atoms with Crippen LogP contribution >= 0.6 is 0 Å². The Bertz CT molecular complexity index is 429. The third kappa shape index (κ3) is 2.14. The zero-order chi connectivity index (χ0) is 12.5. The molecule has 1 N–H and O–H groups in total. The molecule has 1 aliphatic carbocycles. The molecule has 18 heavy (non-hydrogen) atoms. The minimum atomic E-state index is 0.416. The number of hydrogen-bond acceptors (Lipinski definition) is 2. The van der Waals surface area contributed by atoms with Gasteiger partial charge in [0.2, 0.25) is 0 Å². The Hall–Kier alpha value is -1.02. The molecule has 1 aliphatic heterocycles. The standard InChI is InChI=1S/C16H23NO/c1-2-12-4-3-9-17(11-12)16-8-5-13-10-14(18)6-7-15(13)16/h6-7,10,12,16,18H,2-5,8-9,11H2,1H3. The molecule has 1 aromatic rings. The fourth-order valence-corrected chi connectivity index (χ4v) is 3.67. The smallest absolute Gasteiger partial charge is 0.115 e. The number of aromatic hydroxyl groups is 1. The maximum atomic E-state index is 9.56. The van der Waals surface area contributed by atoms with Gasteiger partial charge in [0.15, 0.2) is 0 Å². The van der Waals surface area contributed by atoms with Gasteiger partial charge in [-0.15, -0.1) is 0 Å². The molecule has 98 valence electrons. The Morgan fingerprint density at radius 3 is 3.06 bits per heavy atom. The second-order valence-corrected chi connectivity index (χ2v) is 5.85. The summed E-state index contributed by atoms with van der Waals surface area (Å²) < 4.78 is 0. The Kier molecular flexibility index (Phi) is 3.29. The number of nitrogens with zero attached hydrogens (tertiary/aromatic N) is 1. The molecule has 1 fully saturated rings. The number of benzene rings is 1. The van der Waals surface area contributed by atoms with Gasteiger partial charge in [-0.3, -0.25) is 4.90 Å². The van der Waals surface area contributed by atoms with E-state index in [0.29, 0.717) is 11.8 Å². The van der Waals surface area contributed by atoms with Crippen molar-refractivity contribution in [3.63, 3.8) is 0 Å². The third-order valence-electron chi connectivity index (χ3n) is 4.74. The maximum Gasteiger partial charge on any atom is 0.115 e. The molecular formula is C16H23NO. The second-order valence-electron chi connectivity index (χ2n) is 5.85. The van der Waals surface area contributed by atoms with Crippen LogP contribution in [0.1, 0.15) is 49.8 Å². The highest BCUT2D eigenvalue weighted by atomic mass is 16.3. The van der Waals surface area contributed by atoms with Crippen molar-refractivity contribution in [1.82, 2.24) is 4.90 Å². The van der Waals surface area contributed by atoms with Gasteiger partial charge in [-0.25, -0.2) is 0 Å². The topological polar surface area (TPSA) is 23.5 Å². The normalized spacial score (nSPS) is 28.3. The minimum absolute atomic E-state index is 0.416. The first-order valence-corrected chi connectivity index (χ1v) is 7.33. The van der Waals surface area contributed by atoms with Gasteiger partial charge < -0.3 is 5.11 Å². The van der Waals surface area contributed by atoms with Crippen molar-refractivity contribution in [2.24, 2.45) is 5.92 Å². The summed E-state index contributed by atoms with van der Waals surface area (Å²) in [5.74, 6) is 1.30. The van der Waals surface area contributed by atoms with Gasteiger partial charge in [0.05, 0.1) is 0 Å². The van der Waals surface area contributed by atoms with Crippen molar-refractivity contribution in [2.45, 2.75) is 45.1 Å². The van der Waals surface area contributed by atoms with E-state index in [1.807, 2.05) is 12.1 Å². The van der Waals surface area contributed by atoms with Gasteiger partial charge in [-0.1, -0.05) is 19.4 Å². The lowest BCUT2D eigenvalue weighted by Gasteiger charge is -2.37. The molecule has 2 nitrogen and oxygen atoms in total. The molecule has 3 rings (SSSR count). The number of piperidine rings is 1. The van der Waals surface area contributed by atoms with Gasteiger partial charge in [0.1, 0.15) is 5.75 Å². The lowest BCUT2D eigenvalue weighted by molar-refractivity contribution is 0.121. The largest absolute Gasteiger partial charge is 0.508 e. The summed E-state index contributed by atoms with van der Waals surface area (Å²) >= 11 is 0. The number of phenols is 1. The summed E-state index contributed by atoms with van der Waals surface area (Å²) in [5.41, 5.74) is 2.82. The van der Waals surface area contributed by atoms with E-state index in [-0.39, 0.29) is 0 Å². The first kappa shape index (κ1) is 12.0. The van der Waals surface area contributed by atoms with Crippen LogP contribution in [0.2, 0.25) is 0 Å². The number of hydrogen-bond donors (Lipinski definition) is 1. The van der Waals surface area contributed by atoms with Crippen LogP contribution in [0.3, 0.4) is 0 Å². The Balaban J connectivity index is 1.79. The van der Waals surface area contributed by atoms with Crippen molar-refractivity contribution in [3.8, 4) is 5.75 Å². The fraction of sp³-hybridized carbons (Fsp3) is 0.625. The van der Waals surface area contributed by atoms with Gasteiger partial charge in [0.25, 0.3) is 0 Å². The van der Waals surface area contributed by atoms with Crippen LogP contribution in [0.5, 0.6) is 5.75 Å². The summed E-state index contributed by atoms with van der Waals surface area (Å²) in [7, 11) is 0. The first-order valence-electron chi connectivity index (χ1n) is 7.33. The highest BCUT2D eigenvalue weighted by Gasteiger charge is 2.30. The van der Waals surface area contributed by atoms with Crippen molar-refractivity contribution in [1.29, 1.82) is 0 Å². The van der Waals surface area contributed by atoms with E-state index in [1.54, 1.807) is 0 Å². The number of fused-ring (bicyclic) bond motifs is 1. The Labute approximate surface area is 110 Å². The number of likely N-dealkylation sites (tertiary alicyclic amines) is 1. The van der Waals surface area contributed by atoms with Crippen molar-refractivity contribution < 1.29 is 5.11 Å². The van der Waals surface area contributed by atoms with Crippen LogP contribution in [-0.4, -0.2) is 23.1 Å². The van der Waals surface area contributed by atoms with Crippen LogP contribution < -0.4 is 0 Å². The van der Waals surface area contributed by atoms with Crippen LogP contribution in [0.4, 0.5) is 0 Å². The molecule has 0 aromatic heterocycles. The molecule has 1 heterocycles. The fourth-order valence-electron chi connectivity index (χ4n) is 3.67. The highest BCUT2D eigenvalue weighted by Crippen LogP contribution is 2.39. The highest BCUT2D eigenvalue weighted by molar-refractivity contribution is 5.40. The van der Waals surface area contributed by atoms with E-state index < -0.39 is 0 Å². The van der Waals surface area contributed by atoms with Crippen LogP contribution in [-0.2, 0) is 6.42 Å². The summed E-state index contributed by atoms with van der Waals surface area (Å²) in [6.07, 6.45) is 6.42. The quantitative estimate of drug-likeness (QED) is 0.862. The van der Waals surface area contributed by atoms with E-state index in [1.165, 1.54) is 49.9 Å². The van der Waals surface area contributed by atoms with Crippen LogP contribution in [0.25, 0.3) is 0 Å². The minimum Gasteiger partial charge on any atom is -0.508 e. The van der Waals surface area contributed by atoms with Gasteiger partial charge in [0, 0.05) is 12.6 Å². The molecule has 2 atom stereocenters. The number of phenolic OH excluding ortho intramolecular Hbond substituents is 1. The van der Waals surface area contributed by atoms with Crippen LogP contribution in [0.15, 0.2) is 18.2 Å². The summed E-state index contributed by atoms with van der Waals surface area (Å²) in [6.45, 7) is 4.83. The van der Waals surface area contributed by atoms with Gasteiger partial charge >= 0.3 is 0 Å². The lowest BCUT2D eigenvalue weighted by Crippen LogP contribution is -2.37. The zero-order valence-corrected chi connectivity index (χ0v) is 11.2. The third-order valence-corrected chi connectivity index (χ3v) is 4.74. The summed E-state index contributed by atoms with van der Waals surface area (Å²) in [5, 5.41) is 9.56. The molecule has 1 saturated heterocycles. The molecule has 1 aromatic carbocycles. The average Bonchev–Trinajstić information content (AvgIpc) is 2.81. The number of rotatable bonds is 2. The molecule has 0 bridgehead atoms. The molecule has 2 unspecified atom stereocenters.